The molecule has 0 aliphatic carbocycles. The highest BCUT2D eigenvalue weighted by Gasteiger charge is 2.40. The number of halogens is 2. The molecule has 0 unspecified atom stereocenters. The number of amides is 1. The molecule has 1 aromatic carbocycles. The van der Waals surface area contributed by atoms with Crippen molar-refractivity contribution >= 4 is 11.9 Å². The van der Waals surface area contributed by atoms with Crippen LogP contribution in [0.15, 0.2) is 18.2 Å². The third-order valence-corrected chi connectivity index (χ3v) is 7.17. The van der Waals surface area contributed by atoms with Crippen molar-refractivity contribution in [2.75, 3.05) is 19.7 Å². The van der Waals surface area contributed by atoms with Crippen molar-refractivity contribution in [3.05, 3.63) is 35.4 Å². The van der Waals surface area contributed by atoms with Crippen molar-refractivity contribution in [1.82, 2.24) is 10.2 Å². The minimum absolute atomic E-state index is 0.0504. The van der Waals surface area contributed by atoms with Crippen LogP contribution in [0.2, 0.25) is 0 Å². The summed E-state index contributed by atoms with van der Waals surface area (Å²) in [6.07, 6.45) is 2.53. The number of carbonyl (C=O) groups is 2. The molecule has 9 heteroatoms. The van der Waals surface area contributed by atoms with Crippen molar-refractivity contribution in [3.8, 4) is 0 Å². The Morgan fingerprint density at radius 3 is 2.61 bits per heavy atom. The fourth-order valence-electron chi connectivity index (χ4n) is 5.10. The molecule has 2 N–H and O–H groups in total. The first-order chi connectivity index (χ1) is 17.2. The Morgan fingerprint density at radius 2 is 1.94 bits per heavy atom. The van der Waals surface area contributed by atoms with Crippen molar-refractivity contribution in [2.24, 2.45) is 5.92 Å². The summed E-state index contributed by atoms with van der Waals surface area (Å²) in [5.74, 6) is -2.26. The normalized spacial score (nSPS) is 24.7. The van der Waals surface area contributed by atoms with E-state index in [0.717, 1.165) is 43.9 Å². The van der Waals surface area contributed by atoms with Crippen molar-refractivity contribution in [1.29, 1.82) is 0 Å². The lowest BCUT2D eigenvalue weighted by molar-refractivity contribution is -0.164. The lowest BCUT2D eigenvalue weighted by Gasteiger charge is -2.30. The first-order valence-electron chi connectivity index (χ1n) is 13.2. The van der Waals surface area contributed by atoms with Crippen LogP contribution < -0.4 is 5.32 Å². The Hall–Kier alpha value is -2.10. The predicted molar refractivity (Wildman–Crippen MR) is 131 cm³/mol. The zero-order valence-corrected chi connectivity index (χ0v) is 21.6. The highest BCUT2D eigenvalue weighted by Crippen LogP contribution is 2.27. The zero-order valence-electron chi connectivity index (χ0n) is 21.6. The van der Waals surface area contributed by atoms with Crippen LogP contribution in [0.5, 0.6) is 0 Å². The van der Waals surface area contributed by atoms with E-state index in [2.05, 4.69) is 12.2 Å². The van der Waals surface area contributed by atoms with E-state index in [9.17, 15) is 23.5 Å². The van der Waals surface area contributed by atoms with Crippen LogP contribution in [0.3, 0.4) is 0 Å². The Bertz CT molecular complexity index is 865. The summed E-state index contributed by atoms with van der Waals surface area (Å²) in [4.78, 5) is 27.5. The van der Waals surface area contributed by atoms with Gasteiger partial charge in [0.2, 0.25) is 5.91 Å². The molecule has 2 fully saturated rings. The molecule has 0 saturated carbocycles. The summed E-state index contributed by atoms with van der Waals surface area (Å²) in [5.41, 5.74) is 0.269. The molecule has 7 nitrogen and oxygen atoms in total. The van der Waals surface area contributed by atoms with Crippen molar-refractivity contribution in [2.45, 2.75) is 96.1 Å². The summed E-state index contributed by atoms with van der Waals surface area (Å²) >= 11 is 0. The van der Waals surface area contributed by atoms with Gasteiger partial charge in [0, 0.05) is 44.1 Å². The van der Waals surface area contributed by atoms with E-state index in [1.54, 1.807) is 6.92 Å². The second-order valence-corrected chi connectivity index (χ2v) is 10.0. The van der Waals surface area contributed by atoms with Crippen LogP contribution in [0, 0.1) is 17.6 Å². The molecule has 0 aromatic heterocycles. The average Bonchev–Trinajstić information content (AvgIpc) is 3.46. The number of nitrogens with zero attached hydrogens (tertiary/aromatic N) is 1. The first kappa shape index (κ1) is 28.5. The van der Waals surface area contributed by atoms with E-state index in [1.807, 2.05) is 6.92 Å². The van der Waals surface area contributed by atoms with Gasteiger partial charge in [-0.2, -0.15) is 0 Å². The predicted octanol–water partition coefficient (Wildman–Crippen LogP) is 3.36. The number of unbranched alkanes of at least 4 members (excludes halogenated alkanes) is 1. The van der Waals surface area contributed by atoms with Gasteiger partial charge in [-0.1, -0.05) is 26.7 Å². The maximum atomic E-state index is 13.8. The zero-order chi connectivity index (χ0) is 26.2. The average molecular weight is 511 g/mol. The number of hydrogen-bond acceptors (Lipinski definition) is 6. The molecule has 6 atom stereocenters. The van der Waals surface area contributed by atoms with Gasteiger partial charge < -0.3 is 24.8 Å². The quantitative estimate of drug-likeness (QED) is 0.396. The molecule has 3 rings (SSSR count). The molecule has 2 aliphatic heterocycles. The van der Waals surface area contributed by atoms with Crippen LogP contribution in [0.25, 0.3) is 0 Å². The molecule has 2 saturated heterocycles. The van der Waals surface area contributed by atoms with Crippen LogP contribution in [0.4, 0.5) is 8.78 Å². The number of aliphatic hydroxyl groups is 1. The van der Waals surface area contributed by atoms with Crippen LogP contribution in [-0.4, -0.2) is 72.0 Å². The van der Waals surface area contributed by atoms with Gasteiger partial charge in [-0.05, 0) is 50.3 Å². The number of likely N-dealkylation sites (tertiary alicyclic amines) is 1. The smallest absolute Gasteiger partial charge is 0.328 e. The molecule has 2 heterocycles. The van der Waals surface area contributed by atoms with Crippen LogP contribution in [-0.2, 0) is 25.5 Å². The van der Waals surface area contributed by atoms with Crippen molar-refractivity contribution < 1.29 is 33.0 Å². The molecular formula is C27H40F2N2O5. The fraction of sp³-hybridized carbons (Fsp3) is 0.704. The molecule has 0 radical (unpaired) electrons. The number of nitrogens with one attached hydrogen (secondary N) is 1. The van der Waals surface area contributed by atoms with E-state index >= 15 is 0 Å². The minimum Gasteiger partial charge on any atom is -0.458 e. The van der Waals surface area contributed by atoms with E-state index in [0.29, 0.717) is 32.5 Å². The third-order valence-electron chi connectivity index (χ3n) is 7.17. The highest BCUT2D eigenvalue weighted by atomic mass is 19.1. The molecular weight excluding hydrogens is 470 g/mol. The molecule has 0 spiro atoms. The lowest BCUT2D eigenvalue weighted by Crippen LogP contribution is -2.49. The number of rotatable bonds is 13. The Morgan fingerprint density at radius 1 is 1.22 bits per heavy atom. The third kappa shape index (κ3) is 7.46. The largest absolute Gasteiger partial charge is 0.458 e. The van der Waals surface area contributed by atoms with Gasteiger partial charge in [0.05, 0.1) is 6.10 Å². The summed E-state index contributed by atoms with van der Waals surface area (Å²) < 4.78 is 39.2. The van der Waals surface area contributed by atoms with Gasteiger partial charge in [-0.15, -0.1) is 0 Å². The highest BCUT2D eigenvalue weighted by molar-refractivity contribution is 5.87. The number of ether oxygens (including phenoxy) is 2. The second-order valence-electron chi connectivity index (χ2n) is 10.0. The maximum Gasteiger partial charge on any atom is 0.328 e. The number of esters is 1. The maximum absolute atomic E-state index is 13.8. The SMILES string of the molecule is CCCC[C@H]1CCN([C@@H](C)C(=O)O[C@@H](Cc2cc(F)cc(F)c2)[C@H](O)[C@H]2C[C@@H](OCCC)CN2)C1=O. The Labute approximate surface area is 212 Å². The minimum atomic E-state index is -1.13. The molecule has 36 heavy (non-hydrogen) atoms. The van der Waals surface area contributed by atoms with Gasteiger partial charge in [0.25, 0.3) is 0 Å². The number of benzene rings is 1. The molecule has 1 aromatic rings. The molecule has 1 amide bonds. The summed E-state index contributed by atoms with van der Waals surface area (Å²) in [7, 11) is 0. The number of aliphatic hydroxyl groups excluding tert-OH is 1. The molecule has 202 valence electrons. The lowest BCUT2D eigenvalue weighted by atomic mass is 9.97. The topological polar surface area (TPSA) is 88.1 Å². The van der Waals surface area contributed by atoms with E-state index in [1.165, 1.54) is 4.90 Å². The first-order valence-corrected chi connectivity index (χ1v) is 13.2. The number of carbonyl (C=O) groups excluding carboxylic acids is 2. The van der Waals surface area contributed by atoms with Gasteiger partial charge in [-0.3, -0.25) is 4.79 Å². The van der Waals surface area contributed by atoms with Crippen LogP contribution in [0.1, 0.15) is 64.9 Å². The fourth-order valence-corrected chi connectivity index (χ4v) is 5.10. The van der Waals surface area contributed by atoms with E-state index < -0.39 is 41.9 Å². The number of hydrogen-bond donors (Lipinski definition) is 2. The molecule has 2 aliphatic rings. The van der Waals surface area contributed by atoms with Gasteiger partial charge in [-0.25, -0.2) is 13.6 Å². The summed E-state index contributed by atoms with van der Waals surface area (Å²) in [6, 6.07) is 1.87. The summed E-state index contributed by atoms with van der Waals surface area (Å²) in [6.45, 7) is 7.35. The van der Waals surface area contributed by atoms with Gasteiger partial charge in [0.15, 0.2) is 0 Å². The summed E-state index contributed by atoms with van der Waals surface area (Å²) in [5, 5.41) is 14.4. The van der Waals surface area contributed by atoms with Gasteiger partial charge >= 0.3 is 5.97 Å². The standard InChI is InChI=1S/C27H40F2N2O5/c1-4-6-7-19-8-9-31(26(19)33)17(3)27(34)36-24(13-18-11-20(28)14-21(29)12-18)25(32)23-15-22(16-30-23)35-10-5-2/h11-12,14,17,19,22-25,30,32H,4-10,13,15-16H2,1-3H3/t17-,19-,22+,23+,24-,25+/m0/s1. The van der Waals surface area contributed by atoms with E-state index in [4.69, 9.17) is 9.47 Å². The molecule has 0 bridgehead atoms. The van der Waals surface area contributed by atoms with Gasteiger partial charge in [0.1, 0.15) is 29.9 Å². The van der Waals surface area contributed by atoms with E-state index in [-0.39, 0.29) is 29.9 Å². The van der Waals surface area contributed by atoms with Crippen molar-refractivity contribution in [3.63, 3.8) is 0 Å². The van der Waals surface area contributed by atoms with Crippen LogP contribution >= 0.6 is 0 Å². The Balaban J connectivity index is 1.71. The Kier molecular flexibility index (Phi) is 10.6. The monoisotopic (exact) mass is 510 g/mol. The second kappa shape index (κ2) is 13.4.